The molecule has 0 saturated carbocycles. The number of ether oxygens (including phenoxy) is 1. The highest BCUT2D eigenvalue weighted by atomic mass is 32.1. The van der Waals surface area contributed by atoms with Crippen molar-refractivity contribution in [3.8, 4) is 0 Å². The van der Waals surface area contributed by atoms with E-state index in [1.165, 1.54) is 7.11 Å². The van der Waals surface area contributed by atoms with Gasteiger partial charge in [0.2, 0.25) is 5.13 Å². The largest absolute Gasteiger partial charge is 0.453 e. The molecule has 0 spiro atoms. The molecule has 0 aliphatic carbocycles. The number of carbonyl (C=O) groups is 1. The van der Waals surface area contributed by atoms with Crippen LogP contribution < -0.4 is 10.6 Å². The van der Waals surface area contributed by atoms with Gasteiger partial charge in [0.1, 0.15) is 5.01 Å². The van der Waals surface area contributed by atoms with E-state index in [2.05, 4.69) is 37.4 Å². The van der Waals surface area contributed by atoms with Crippen LogP contribution in [0.1, 0.15) is 24.8 Å². The summed E-state index contributed by atoms with van der Waals surface area (Å²) in [4.78, 5) is 13.4. The summed E-state index contributed by atoms with van der Waals surface area (Å²) in [6.45, 7) is 5.60. The maximum Gasteiger partial charge on any atom is 0.407 e. The Morgan fingerprint density at radius 3 is 3.15 bits per heavy atom. The third kappa shape index (κ3) is 4.31. The molecule has 0 radical (unpaired) electrons. The van der Waals surface area contributed by atoms with Crippen LogP contribution >= 0.6 is 11.3 Å². The van der Waals surface area contributed by atoms with Crippen molar-refractivity contribution in [1.29, 1.82) is 0 Å². The number of hydrogen-bond donors (Lipinski definition) is 2. The van der Waals surface area contributed by atoms with Crippen molar-refractivity contribution in [3.63, 3.8) is 0 Å². The molecular formula is C12H21N5O2S. The van der Waals surface area contributed by atoms with Crippen molar-refractivity contribution in [1.82, 2.24) is 20.4 Å². The molecule has 2 N–H and O–H groups in total. The average Bonchev–Trinajstić information content (AvgIpc) is 3.06. The first-order valence-corrected chi connectivity index (χ1v) is 7.66. The van der Waals surface area contributed by atoms with Gasteiger partial charge < -0.3 is 15.4 Å². The van der Waals surface area contributed by atoms with Gasteiger partial charge in [-0.1, -0.05) is 18.3 Å². The van der Waals surface area contributed by atoms with Gasteiger partial charge in [-0.15, -0.1) is 10.2 Å². The Kier molecular flexibility index (Phi) is 5.54. The van der Waals surface area contributed by atoms with Crippen LogP contribution in [-0.2, 0) is 11.3 Å². The molecule has 0 bridgehead atoms. The zero-order valence-corrected chi connectivity index (χ0v) is 12.7. The normalized spacial score (nSPS) is 19.0. The smallest absolute Gasteiger partial charge is 0.407 e. The summed E-state index contributed by atoms with van der Waals surface area (Å²) >= 11 is 1.59. The van der Waals surface area contributed by atoms with Crippen LogP contribution in [0, 0.1) is 0 Å². The Morgan fingerprint density at radius 1 is 1.55 bits per heavy atom. The number of amides is 1. The van der Waals surface area contributed by atoms with E-state index in [1.807, 2.05) is 0 Å². The summed E-state index contributed by atoms with van der Waals surface area (Å²) in [5, 5.41) is 16.3. The number of rotatable bonds is 6. The van der Waals surface area contributed by atoms with E-state index in [1.54, 1.807) is 11.3 Å². The van der Waals surface area contributed by atoms with E-state index >= 15 is 0 Å². The minimum Gasteiger partial charge on any atom is -0.453 e. The summed E-state index contributed by atoms with van der Waals surface area (Å²) in [6, 6.07) is 0.160. The van der Waals surface area contributed by atoms with Gasteiger partial charge in [0.15, 0.2) is 0 Å². The first kappa shape index (κ1) is 15.0. The third-order valence-electron chi connectivity index (χ3n) is 3.13. The zero-order chi connectivity index (χ0) is 14.4. The highest BCUT2D eigenvalue weighted by Gasteiger charge is 2.24. The molecule has 1 saturated heterocycles. The fourth-order valence-corrected chi connectivity index (χ4v) is 2.94. The molecule has 1 aromatic heterocycles. The van der Waals surface area contributed by atoms with E-state index < -0.39 is 0 Å². The number of methoxy groups -OCH3 is 1. The summed E-state index contributed by atoms with van der Waals surface area (Å²) < 4.78 is 4.61. The molecule has 20 heavy (non-hydrogen) atoms. The van der Waals surface area contributed by atoms with Gasteiger partial charge in [0.25, 0.3) is 0 Å². The van der Waals surface area contributed by atoms with Crippen LogP contribution in [0.2, 0.25) is 0 Å². The van der Waals surface area contributed by atoms with Crippen LogP contribution in [0.15, 0.2) is 0 Å². The lowest BCUT2D eigenvalue weighted by molar-refractivity contribution is 0.166. The van der Waals surface area contributed by atoms with Gasteiger partial charge in [-0.3, -0.25) is 4.90 Å². The number of likely N-dealkylation sites (tertiary alicyclic amines) is 1. The maximum atomic E-state index is 11.2. The van der Waals surface area contributed by atoms with Crippen molar-refractivity contribution in [2.45, 2.75) is 32.4 Å². The van der Waals surface area contributed by atoms with Crippen LogP contribution in [-0.4, -0.2) is 54.0 Å². The van der Waals surface area contributed by atoms with Crippen molar-refractivity contribution in [2.75, 3.05) is 32.1 Å². The molecule has 1 atom stereocenters. The standard InChI is InChI=1S/C12H21N5O2S/c1-3-5-13-11-16-15-10(20-11)8-17-6-4-9(7-17)14-12(18)19-2/h9H,3-8H2,1-2H3,(H,13,16)(H,14,18). The Bertz CT molecular complexity index is 439. The number of aromatic nitrogens is 2. The monoisotopic (exact) mass is 299 g/mol. The summed E-state index contributed by atoms with van der Waals surface area (Å²) in [7, 11) is 1.38. The minimum absolute atomic E-state index is 0.160. The van der Waals surface area contributed by atoms with Gasteiger partial charge >= 0.3 is 6.09 Å². The van der Waals surface area contributed by atoms with Crippen LogP contribution in [0.3, 0.4) is 0 Å². The SMILES string of the molecule is CCCNc1nnc(CN2CCC(NC(=O)OC)C2)s1. The molecule has 1 unspecified atom stereocenters. The Labute approximate surface area is 122 Å². The van der Waals surface area contributed by atoms with E-state index in [9.17, 15) is 4.79 Å². The van der Waals surface area contributed by atoms with Crippen LogP contribution in [0.25, 0.3) is 0 Å². The van der Waals surface area contributed by atoms with Gasteiger partial charge in [-0.25, -0.2) is 4.79 Å². The predicted molar refractivity (Wildman–Crippen MR) is 77.9 cm³/mol. The summed E-state index contributed by atoms with van der Waals surface area (Å²) in [5.41, 5.74) is 0. The molecule has 1 aromatic rings. The Morgan fingerprint density at radius 2 is 2.40 bits per heavy atom. The third-order valence-corrected chi connectivity index (χ3v) is 4.00. The number of nitrogens with zero attached hydrogens (tertiary/aromatic N) is 3. The molecular weight excluding hydrogens is 278 g/mol. The minimum atomic E-state index is -0.362. The number of nitrogens with one attached hydrogen (secondary N) is 2. The van der Waals surface area contributed by atoms with E-state index in [-0.39, 0.29) is 12.1 Å². The lowest BCUT2D eigenvalue weighted by atomic mass is 10.3. The summed E-state index contributed by atoms with van der Waals surface area (Å²) in [5.74, 6) is 0. The van der Waals surface area contributed by atoms with Crippen molar-refractivity contribution in [2.24, 2.45) is 0 Å². The van der Waals surface area contributed by atoms with E-state index in [4.69, 9.17) is 0 Å². The van der Waals surface area contributed by atoms with Crippen LogP contribution in [0.4, 0.5) is 9.93 Å². The first-order chi connectivity index (χ1) is 9.71. The highest BCUT2D eigenvalue weighted by Crippen LogP contribution is 2.19. The molecule has 0 aromatic carbocycles. The lowest BCUT2D eigenvalue weighted by Gasteiger charge is -2.14. The van der Waals surface area contributed by atoms with Crippen LogP contribution in [0.5, 0.6) is 0 Å². The van der Waals surface area contributed by atoms with Gasteiger partial charge in [0.05, 0.1) is 13.7 Å². The first-order valence-electron chi connectivity index (χ1n) is 6.84. The molecule has 1 fully saturated rings. The number of alkyl carbamates (subject to hydrolysis) is 1. The second kappa shape index (κ2) is 7.39. The van der Waals surface area contributed by atoms with Gasteiger partial charge in [-0.2, -0.15) is 0 Å². The zero-order valence-electron chi connectivity index (χ0n) is 11.9. The fourth-order valence-electron chi connectivity index (χ4n) is 2.13. The van der Waals surface area contributed by atoms with Crippen molar-refractivity contribution < 1.29 is 9.53 Å². The second-order valence-corrected chi connectivity index (χ2v) is 5.85. The number of carbonyl (C=O) groups excluding carboxylic acids is 1. The van der Waals surface area contributed by atoms with Gasteiger partial charge in [-0.05, 0) is 12.8 Å². The van der Waals surface area contributed by atoms with Crippen molar-refractivity contribution in [3.05, 3.63) is 5.01 Å². The predicted octanol–water partition coefficient (Wildman–Crippen LogP) is 1.29. The Hall–Kier alpha value is -1.41. The Balaban J connectivity index is 1.77. The average molecular weight is 299 g/mol. The van der Waals surface area contributed by atoms with Gasteiger partial charge in [0, 0.05) is 25.7 Å². The molecule has 112 valence electrons. The number of anilines is 1. The van der Waals surface area contributed by atoms with Crippen molar-refractivity contribution >= 4 is 22.6 Å². The molecule has 1 amide bonds. The molecule has 2 heterocycles. The molecule has 1 aliphatic heterocycles. The molecule has 2 rings (SSSR count). The molecule has 8 heteroatoms. The maximum absolute atomic E-state index is 11.2. The molecule has 1 aliphatic rings. The quantitative estimate of drug-likeness (QED) is 0.824. The fraction of sp³-hybridized carbons (Fsp3) is 0.750. The lowest BCUT2D eigenvalue weighted by Crippen LogP contribution is -2.36. The topological polar surface area (TPSA) is 79.4 Å². The number of hydrogen-bond acceptors (Lipinski definition) is 7. The van der Waals surface area contributed by atoms with E-state index in [0.717, 1.165) is 49.2 Å². The second-order valence-electron chi connectivity index (χ2n) is 4.78. The molecule has 7 nitrogen and oxygen atoms in total. The summed E-state index contributed by atoms with van der Waals surface area (Å²) in [6.07, 6.45) is 1.65. The van der Waals surface area contributed by atoms with E-state index in [0.29, 0.717) is 0 Å². The highest BCUT2D eigenvalue weighted by molar-refractivity contribution is 7.15.